The highest BCUT2D eigenvalue weighted by molar-refractivity contribution is 6.35. The van der Waals surface area contributed by atoms with Crippen molar-refractivity contribution in [1.82, 2.24) is 4.90 Å². The molecule has 0 bridgehead atoms. The maximum Gasteiger partial charge on any atom is 0.106 e. The fourth-order valence-electron chi connectivity index (χ4n) is 4.60. The van der Waals surface area contributed by atoms with Crippen molar-refractivity contribution in [2.45, 2.75) is 59.9 Å². The van der Waals surface area contributed by atoms with Crippen LogP contribution < -0.4 is 0 Å². The first-order valence-corrected chi connectivity index (χ1v) is 9.02. The van der Waals surface area contributed by atoms with Gasteiger partial charge in [-0.1, -0.05) is 50.9 Å². The van der Waals surface area contributed by atoms with Crippen molar-refractivity contribution >= 4 is 34.7 Å². The van der Waals surface area contributed by atoms with Crippen molar-refractivity contribution in [3.8, 4) is 0 Å². The number of hydrogen-bond donors (Lipinski definition) is 0. The summed E-state index contributed by atoms with van der Waals surface area (Å²) in [7, 11) is 0. The molecule has 126 valence electrons. The molecule has 1 aromatic carbocycles. The quantitative estimate of drug-likeness (QED) is 0.525. The lowest BCUT2D eigenvalue weighted by Crippen LogP contribution is -2.50. The fourth-order valence-corrected chi connectivity index (χ4v) is 5.32. The van der Waals surface area contributed by atoms with Crippen LogP contribution in [0.5, 0.6) is 0 Å². The van der Waals surface area contributed by atoms with Crippen LogP contribution in [0.4, 0.5) is 5.69 Å². The zero-order chi connectivity index (χ0) is 17.2. The molecular weight excluding hydrogens is 327 g/mol. The van der Waals surface area contributed by atoms with Gasteiger partial charge in [-0.2, -0.15) is 0 Å². The van der Waals surface area contributed by atoms with Crippen molar-refractivity contribution in [2.75, 3.05) is 6.54 Å². The Labute approximate surface area is 149 Å². The van der Waals surface area contributed by atoms with E-state index in [4.69, 9.17) is 28.2 Å². The van der Waals surface area contributed by atoms with E-state index >= 15 is 0 Å². The van der Waals surface area contributed by atoms with Crippen LogP contribution in [0, 0.1) is 10.8 Å². The van der Waals surface area contributed by atoms with Crippen molar-refractivity contribution in [1.29, 1.82) is 0 Å². The molecule has 2 aliphatic heterocycles. The molecule has 0 aliphatic carbocycles. The van der Waals surface area contributed by atoms with Gasteiger partial charge in [0.15, 0.2) is 0 Å². The van der Waals surface area contributed by atoms with Gasteiger partial charge >= 0.3 is 0 Å². The Morgan fingerprint density at radius 1 is 1.00 bits per heavy atom. The molecule has 1 fully saturated rings. The topological polar surface area (TPSA) is 15.6 Å². The molecule has 0 spiro atoms. The second-order valence-electron chi connectivity index (χ2n) is 9.14. The third-order valence-corrected chi connectivity index (χ3v) is 5.58. The van der Waals surface area contributed by atoms with Crippen LogP contribution in [-0.4, -0.2) is 17.3 Å². The van der Waals surface area contributed by atoms with Crippen LogP contribution in [0.25, 0.3) is 0 Å². The van der Waals surface area contributed by atoms with Gasteiger partial charge in [0, 0.05) is 28.6 Å². The predicted molar refractivity (Wildman–Crippen MR) is 100 cm³/mol. The standard InChI is InChI=1S/C19H26Cl2N2/c1-17(2)9-15-22-14-8-12(20)7-13(21)16(14)19(5,6)23(15)11-18(3,4)10-17/h7-8H,9-11H2,1-6H3. The first-order valence-electron chi connectivity index (χ1n) is 8.26. The van der Waals surface area contributed by atoms with Crippen LogP contribution in [0.3, 0.4) is 0 Å². The summed E-state index contributed by atoms with van der Waals surface area (Å²) < 4.78 is 0. The second-order valence-corrected chi connectivity index (χ2v) is 9.98. The molecular formula is C19H26Cl2N2. The Morgan fingerprint density at radius 3 is 2.30 bits per heavy atom. The van der Waals surface area contributed by atoms with E-state index in [0.29, 0.717) is 10.0 Å². The average molecular weight is 353 g/mol. The summed E-state index contributed by atoms with van der Waals surface area (Å²) in [5, 5.41) is 1.36. The van der Waals surface area contributed by atoms with Crippen molar-refractivity contribution in [3.63, 3.8) is 0 Å². The number of nitrogens with zero attached hydrogens (tertiary/aromatic N) is 2. The fraction of sp³-hybridized carbons (Fsp3) is 0.632. The van der Waals surface area contributed by atoms with Gasteiger partial charge in [-0.3, -0.25) is 0 Å². The second kappa shape index (κ2) is 5.13. The minimum atomic E-state index is -0.189. The highest BCUT2D eigenvalue weighted by Gasteiger charge is 2.45. The summed E-state index contributed by atoms with van der Waals surface area (Å²) in [6.45, 7) is 14.9. The smallest absolute Gasteiger partial charge is 0.106 e. The zero-order valence-electron chi connectivity index (χ0n) is 14.9. The number of benzene rings is 1. The van der Waals surface area contributed by atoms with E-state index < -0.39 is 0 Å². The van der Waals surface area contributed by atoms with Crippen molar-refractivity contribution < 1.29 is 0 Å². The van der Waals surface area contributed by atoms with Crippen LogP contribution in [0.1, 0.15) is 59.9 Å². The Kier molecular flexibility index (Phi) is 3.82. The number of hydrogen-bond acceptors (Lipinski definition) is 2. The minimum absolute atomic E-state index is 0.189. The van der Waals surface area contributed by atoms with Crippen LogP contribution >= 0.6 is 23.2 Å². The molecule has 1 saturated heterocycles. The van der Waals surface area contributed by atoms with Gasteiger partial charge < -0.3 is 4.90 Å². The van der Waals surface area contributed by atoms with Gasteiger partial charge in [-0.15, -0.1) is 0 Å². The molecule has 0 N–H and O–H groups in total. The Balaban J connectivity index is 2.21. The molecule has 4 heteroatoms. The van der Waals surface area contributed by atoms with Crippen LogP contribution in [-0.2, 0) is 5.54 Å². The highest BCUT2D eigenvalue weighted by atomic mass is 35.5. The number of amidine groups is 1. The third-order valence-electron chi connectivity index (χ3n) is 5.06. The lowest BCUT2D eigenvalue weighted by Gasteiger charge is -2.46. The van der Waals surface area contributed by atoms with E-state index in [-0.39, 0.29) is 16.4 Å². The molecule has 3 rings (SSSR count). The first-order chi connectivity index (χ1) is 10.4. The van der Waals surface area contributed by atoms with Gasteiger partial charge in [0.25, 0.3) is 0 Å². The van der Waals surface area contributed by atoms with E-state index in [2.05, 4.69) is 46.4 Å². The molecule has 0 aromatic heterocycles. The molecule has 2 nitrogen and oxygen atoms in total. The summed E-state index contributed by atoms with van der Waals surface area (Å²) >= 11 is 12.8. The Hall–Kier alpha value is -0.730. The summed E-state index contributed by atoms with van der Waals surface area (Å²) in [5.41, 5.74) is 2.28. The minimum Gasteiger partial charge on any atom is -0.350 e. The maximum absolute atomic E-state index is 6.55. The SMILES string of the molecule is CC1(C)CC2=Nc3cc(Cl)cc(Cl)c3C(C)(C)N2CC(C)(C)C1. The molecule has 1 aromatic rings. The molecule has 0 unspecified atom stereocenters. The molecule has 23 heavy (non-hydrogen) atoms. The maximum atomic E-state index is 6.55. The predicted octanol–water partition coefficient (Wildman–Crippen LogP) is 6.42. The summed E-state index contributed by atoms with van der Waals surface area (Å²) in [5.74, 6) is 1.16. The van der Waals surface area contributed by atoms with Gasteiger partial charge in [0.05, 0.1) is 11.2 Å². The van der Waals surface area contributed by atoms with Crippen molar-refractivity contribution in [2.24, 2.45) is 15.8 Å². The van der Waals surface area contributed by atoms with Gasteiger partial charge in [0.2, 0.25) is 0 Å². The van der Waals surface area contributed by atoms with E-state index in [0.717, 1.165) is 30.1 Å². The summed E-state index contributed by atoms with van der Waals surface area (Å²) in [6, 6.07) is 3.77. The molecule has 2 heterocycles. The number of halogens is 2. The van der Waals surface area contributed by atoms with E-state index in [1.165, 1.54) is 6.42 Å². The van der Waals surface area contributed by atoms with E-state index in [9.17, 15) is 0 Å². The Bertz CT molecular complexity index is 687. The monoisotopic (exact) mass is 352 g/mol. The van der Waals surface area contributed by atoms with Crippen LogP contribution in [0.2, 0.25) is 10.0 Å². The number of rotatable bonds is 0. The summed E-state index contributed by atoms with van der Waals surface area (Å²) in [4.78, 5) is 7.44. The van der Waals surface area contributed by atoms with Gasteiger partial charge in [0.1, 0.15) is 5.84 Å². The lowest BCUT2D eigenvalue weighted by atomic mass is 9.74. The molecule has 0 radical (unpaired) electrons. The van der Waals surface area contributed by atoms with Crippen LogP contribution in [0.15, 0.2) is 17.1 Å². The number of fused-ring (bicyclic) bond motifs is 2. The van der Waals surface area contributed by atoms with E-state index in [1.807, 2.05) is 12.1 Å². The van der Waals surface area contributed by atoms with Gasteiger partial charge in [-0.05, 0) is 43.2 Å². The molecule has 0 amide bonds. The molecule has 2 aliphatic rings. The lowest BCUT2D eigenvalue weighted by molar-refractivity contribution is 0.132. The normalized spacial score (nSPS) is 24.3. The third kappa shape index (κ3) is 3.00. The Morgan fingerprint density at radius 2 is 1.65 bits per heavy atom. The average Bonchev–Trinajstić information content (AvgIpc) is 2.39. The van der Waals surface area contributed by atoms with Crippen molar-refractivity contribution in [3.05, 3.63) is 27.7 Å². The zero-order valence-corrected chi connectivity index (χ0v) is 16.4. The highest BCUT2D eigenvalue weighted by Crippen LogP contribution is 2.50. The van der Waals surface area contributed by atoms with E-state index in [1.54, 1.807) is 0 Å². The summed E-state index contributed by atoms with van der Waals surface area (Å²) in [6.07, 6.45) is 2.15. The molecule has 0 atom stereocenters. The first kappa shape index (κ1) is 17.1. The van der Waals surface area contributed by atoms with Gasteiger partial charge in [-0.25, -0.2) is 4.99 Å². The molecule has 0 saturated carbocycles. The largest absolute Gasteiger partial charge is 0.350 e. The number of aliphatic imine (C=N–C) groups is 1.